The molecule has 0 aromatic heterocycles. The second kappa shape index (κ2) is 18.9. The lowest BCUT2D eigenvalue weighted by Gasteiger charge is -2.72. The lowest BCUT2D eigenvalue weighted by molar-refractivity contribution is -0.217. The monoisotopic (exact) mass is 781 g/mol. The Hall–Kier alpha value is -2.36. The molecule has 1 heterocycles. The minimum atomic E-state index is -0.258. The number of hydrazine groups is 1. The molecule has 6 aliphatic rings. The zero-order valence-corrected chi connectivity index (χ0v) is 35.7. The quantitative estimate of drug-likeness (QED) is 0.0995. The van der Waals surface area contributed by atoms with Crippen molar-refractivity contribution in [3.63, 3.8) is 0 Å². The molecule has 5 aliphatic carbocycles. The number of carbonyl (C=O) groups excluding carboxylic acids is 3. The van der Waals surface area contributed by atoms with Gasteiger partial charge < -0.3 is 15.0 Å². The number of carbonyl (C=O) groups is 3. The van der Waals surface area contributed by atoms with Crippen LogP contribution >= 0.6 is 11.8 Å². The molecule has 4 saturated carbocycles. The topological polar surface area (TPSA) is 99.8 Å². The number of thioether (sulfide) groups is 1. The maximum Gasteiger partial charge on any atom is 0.337 e. The zero-order chi connectivity index (χ0) is 39.2. The van der Waals surface area contributed by atoms with Gasteiger partial charge in [-0.3, -0.25) is 20.4 Å². The molecule has 2 amide bonds. The van der Waals surface area contributed by atoms with Crippen molar-refractivity contribution in [2.24, 2.45) is 45.3 Å². The van der Waals surface area contributed by atoms with E-state index in [0.717, 1.165) is 17.8 Å². The number of rotatable bonds is 9. The average molecular weight is 781 g/mol. The number of benzene rings is 1. The fraction of sp³-hybridized carbons (Fsp3) is 0.761. The Kier molecular flexibility index (Phi) is 15.6. The Labute approximate surface area is 338 Å². The largest absolute Gasteiger partial charge is 0.465 e. The molecule has 9 heteroatoms. The van der Waals surface area contributed by atoms with E-state index in [9.17, 15) is 14.4 Å². The third-order valence-corrected chi connectivity index (χ3v) is 16.7. The van der Waals surface area contributed by atoms with Gasteiger partial charge in [0.15, 0.2) is 0 Å². The van der Waals surface area contributed by atoms with Crippen molar-refractivity contribution in [2.45, 2.75) is 132 Å². The highest BCUT2D eigenvalue weighted by molar-refractivity contribution is 7.99. The number of amides is 2. The van der Waals surface area contributed by atoms with E-state index < -0.39 is 0 Å². The van der Waals surface area contributed by atoms with Crippen LogP contribution in [-0.4, -0.2) is 74.0 Å². The van der Waals surface area contributed by atoms with Gasteiger partial charge >= 0.3 is 5.97 Å². The number of hydrogen-bond donors (Lipinski definition) is 3. The number of hydrogen-bond acceptors (Lipinski definition) is 7. The Morgan fingerprint density at radius 1 is 0.855 bits per heavy atom. The second-order valence-corrected chi connectivity index (χ2v) is 19.8. The number of nitrogens with one attached hydrogen (secondary N) is 3. The number of methoxy groups -OCH3 is 1. The van der Waals surface area contributed by atoms with Gasteiger partial charge in [0.05, 0.1) is 12.7 Å². The minimum Gasteiger partial charge on any atom is -0.465 e. The Bertz CT molecular complexity index is 1450. The number of nitrogens with zero attached hydrogens (tertiary/aromatic N) is 1. The molecule has 8 atom stereocenters. The van der Waals surface area contributed by atoms with Crippen LogP contribution in [0.5, 0.6) is 0 Å². The molecule has 1 aromatic rings. The molecule has 7 rings (SSSR count). The maximum absolute atomic E-state index is 12.1. The highest BCUT2D eigenvalue weighted by atomic mass is 32.2. The number of allylic oxidation sites excluding steroid dienone is 2. The van der Waals surface area contributed by atoms with E-state index in [4.69, 9.17) is 4.74 Å². The molecular weight excluding hydrogens is 705 g/mol. The van der Waals surface area contributed by atoms with Crippen LogP contribution in [0.4, 0.5) is 0 Å². The summed E-state index contributed by atoms with van der Waals surface area (Å²) < 4.78 is 4.96. The van der Waals surface area contributed by atoms with Crippen LogP contribution in [0.25, 0.3) is 5.57 Å². The molecule has 0 spiro atoms. The van der Waals surface area contributed by atoms with Crippen LogP contribution in [0, 0.1) is 45.3 Å². The predicted octanol–water partition coefficient (Wildman–Crippen LogP) is 9.16. The number of ether oxygens (including phenoxy) is 1. The summed E-state index contributed by atoms with van der Waals surface area (Å²) >= 11 is 2.12. The number of fused-ring (bicyclic) bond motifs is 7. The van der Waals surface area contributed by atoms with Crippen LogP contribution in [0.1, 0.15) is 142 Å². The fourth-order valence-corrected chi connectivity index (χ4v) is 14.2. The van der Waals surface area contributed by atoms with Gasteiger partial charge in [-0.15, -0.1) is 0 Å². The lowest BCUT2D eigenvalue weighted by atomic mass is 9.33. The first-order valence-electron chi connectivity index (χ1n) is 21.1. The molecule has 0 bridgehead atoms. The molecule has 6 unspecified atom stereocenters. The van der Waals surface area contributed by atoms with E-state index in [-0.39, 0.29) is 18.8 Å². The molecule has 8 nitrogen and oxygen atoms in total. The van der Waals surface area contributed by atoms with E-state index in [1.807, 2.05) is 23.0 Å². The summed E-state index contributed by atoms with van der Waals surface area (Å²) in [5, 5.41) is 4.29. The predicted molar refractivity (Wildman–Crippen MR) is 230 cm³/mol. The van der Waals surface area contributed by atoms with E-state index >= 15 is 0 Å². The van der Waals surface area contributed by atoms with Crippen LogP contribution in [0.2, 0.25) is 0 Å². The molecule has 55 heavy (non-hydrogen) atoms. The first-order chi connectivity index (χ1) is 25.8. The van der Waals surface area contributed by atoms with E-state index in [1.54, 1.807) is 0 Å². The van der Waals surface area contributed by atoms with Crippen molar-refractivity contribution >= 4 is 36.1 Å². The number of esters is 1. The van der Waals surface area contributed by atoms with Crippen molar-refractivity contribution < 1.29 is 19.1 Å². The van der Waals surface area contributed by atoms with Crippen LogP contribution < -0.4 is 16.2 Å². The summed E-state index contributed by atoms with van der Waals surface area (Å²) in [5.41, 5.74) is 8.85. The van der Waals surface area contributed by atoms with Crippen molar-refractivity contribution in [1.82, 2.24) is 21.1 Å². The Morgan fingerprint density at radius 2 is 1.51 bits per heavy atom. The van der Waals surface area contributed by atoms with E-state index in [2.05, 4.69) is 88.7 Å². The summed E-state index contributed by atoms with van der Waals surface area (Å²) in [6.07, 6.45) is 18.4. The SMILES string of the molecule is C.CCC.COC(=O)c1ccc(C2=CCC3(C)C(CCC4(C)C3CCC3[C@H]5CCCC5(NCCN5CCSCC5)CC[C@]34C)C2(C)C)cc1.O=CNNC=O. The third-order valence-electron chi connectivity index (χ3n) is 15.8. The van der Waals surface area contributed by atoms with Crippen LogP contribution in [0.15, 0.2) is 30.3 Å². The molecule has 1 aliphatic heterocycles. The summed E-state index contributed by atoms with van der Waals surface area (Å²) in [5.74, 6) is 5.55. The first-order valence-corrected chi connectivity index (χ1v) is 22.3. The van der Waals surface area contributed by atoms with Gasteiger partial charge in [-0.2, -0.15) is 11.8 Å². The van der Waals surface area contributed by atoms with Gasteiger partial charge in [-0.1, -0.05) is 86.9 Å². The molecular formula is C46H76N4O4S. The first kappa shape index (κ1) is 45.3. The van der Waals surface area contributed by atoms with Gasteiger partial charge in [0, 0.05) is 43.2 Å². The second-order valence-electron chi connectivity index (χ2n) is 18.5. The third kappa shape index (κ3) is 8.60. The lowest BCUT2D eigenvalue weighted by Crippen LogP contribution is -2.67. The van der Waals surface area contributed by atoms with Crippen molar-refractivity contribution in [2.75, 3.05) is 44.8 Å². The van der Waals surface area contributed by atoms with Crippen molar-refractivity contribution in [3.05, 3.63) is 41.5 Å². The van der Waals surface area contributed by atoms with Crippen molar-refractivity contribution in [3.8, 4) is 0 Å². The fourth-order valence-electron chi connectivity index (χ4n) is 13.2. The summed E-state index contributed by atoms with van der Waals surface area (Å²) in [4.78, 5) is 33.3. The highest BCUT2D eigenvalue weighted by Crippen LogP contribution is 2.76. The molecule has 5 fully saturated rings. The smallest absolute Gasteiger partial charge is 0.337 e. The van der Waals surface area contributed by atoms with E-state index in [1.165, 1.54) is 127 Å². The van der Waals surface area contributed by atoms with Crippen molar-refractivity contribution in [1.29, 1.82) is 0 Å². The summed E-state index contributed by atoms with van der Waals surface area (Å²) in [6.45, 7) is 22.5. The van der Waals surface area contributed by atoms with Gasteiger partial charge in [-0.05, 0) is 126 Å². The van der Waals surface area contributed by atoms with Crippen LogP contribution in [-0.2, 0) is 14.3 Å². The van der Waals surface area contributed by atoms with Gasteiger partial charge in [0.2, 0.25) is 12.8 Å². The molecule has 310 valence electrons. The van der Waals surface area contributed by atoms with Crippen LogP contribution in [0.3, 0.4) is 0 Å². The molecule has 3 N–H and O–H groups in total. The minimum absolute atomic E-state index is 0. The normalized spacial score (nSPS) is 35.7. The Morgan fingerprint density at radius 3 is 2.13 bits per heavy atom. The standard InChI is InChI=1S/C40H60N2O2S.C3H8.C2H4N2O2.CH4/c1-36(2)30(28-9-11-29(12-10-28)35(43)44-6)15-18-37(3)33(36)16-19-39(5)34(37)14-13-31-32-8-7-17-40(32,21-20-38(31,39)4)41-22-23-42-24-26-45-27-25-42;1-3-2;5-1-3-4-2-6;/h9-12,15,31-34,41H,7-8,13-14,16-27H2,1-6H3;3H2,1-2H3;1-2H,(H,3,5)(H,4,6);1H4/t31?,32-,33?,34?,37?,38-,39?,40?;;;/m1.../s1. The van der Waals surface area contributed by atoms with E-state index in [0.29, 0.717) is 46.1 Å². The Balaban J connectivity index is 0.000000608. The van der Waals surface area contributed by atoms with Gasteiger partial charge in [-0.25, -0.2) is 4.79 Å². The van der Waals surface area contributed by atoms with Gasteiger partial charge in [0.1, 0.15) is 0 Å². The maximum atomic E-state index is 12.1. The summed E-state index contributed by atoms with van der Waals surface area (Å²) in [7, 11) is 1.46. The molecule has 1 saturated heterocycles. The molecule has 1 aromatic carbocycles. The van der Waals surface area contributed by atoms with Gasteiger partial charge in [0.25, 0.3) is 0 Å². The zero-order valence-electron chi connectivity index (χ0n) is 34.9. The summed E-state index contributed by atoms with van der Waals surface area (Å²) in [6, 6.07) is 8.19. The highest BCUT2D eigenvalue weighted by Gasteiger charge is 2.69. The average Bonchev–Trinajstić information content (AvgIpc) is 3.59. The molecule has 0 radical (unpaired) electrons.